The summed E-state index contributed by atoms with van der Waals surface area (Å²) in [6, 6.07) is 5.35. The van der Waals surface area contributed by atoms with Gasteiger partial charge in [0, 0.05) is 33.6 Å². The number of rotatable bonds is 9. The van der Waals surface area contributed by atoms with Crippen LogP contribution in [-0.2, 0) is 16.1 Å². The smallest absolute Gasteiger partial charge is 0.259 e. The van der Waals surface area contributed by atoms with Gasteiger partial charge in [0.05, 0.1) is 7.11 Å². The van der Waals surface area contributed by atoms with Crippen molar-refractivity contribution in [2.75, 3.05) is 41.4 Å². The van der Waals surface area contributed by atoms with Crippen LogP contribution in [0.25, 0.3) is 0 Å². The lowest BCUT2D eigenvalue weighted by Gasteiger charge is -2.14. The van der Waals surface area contributed by atoms with Gasteiger partial charge >= 0.3 is 0 Å². The molecule has 0 bridgehead atoms. The Morgan fingerprint density at radius 2 is 1.96 bits per heavy atom. The molecule has 0 aliphatic carbocycles. The summed E-state index contributed by atoms with van der Waals surface area (Å²) >= 11 is 0. The minimum atomic E-state index is -0.132. The van der Waals surface area contributed by atoms with E-state index in [1.165, 1.54) is 12.0 Å². The average Bonchev–Trinajstić information content (AvgIpc) is 2.55. The fraction of sp³-hybridized carbons (Fsp3) is 0.500. The van der Waals surface area contributed by atoms with E-state index in [1.807, 2.05) is 6.07 Å². The van der Waals surface area contributed by atoms with Gasteiger partial charge in [-0.2, -0.15) is 0 Å². The summed E-state index contributed by atoms with van der Waals surface area (Å²) in [5.41, 5.74) is 0.894. The topological polar surface area (TPSA) is 79.9 Å². The fourth-order valence-electron chi connectivity index (χ4n) is 1.74. The molecule has 0 aliphatic heterocycles. The van der Waals surface area contributed by atoms with Crippen LogP contribution >= 0.6 is 0 Å². The normalized spacial score (nSPS) is 10.1. The maximum Gasteiger partial charge on any atom is 0.259 e. The first-order valence-electron chi connectivity index (χ1n) is 7.39. The van der Waals surface area contributed by atoms with Crippen molar-refractivity contribution in [3.63, 3.8) is 0 Å². The van der Waals surface area contributed by atoms with Crippen LogP contribution in [0.1, 0.15) is 12.0 Å². The molecule has 0 atom stereocenters. The van der Waals surface area contributed by atoms with Gasteiger partial charge in [-0.05, 0) is 24.7 Å². The van der Waals surface area contributed by atoms with Crippen LogP contribution in [0.4, 0.5) is 0 Å². The minimum Gasteiger partial charge on any atom is -0.493 e. The molecule has 7 nitrogen and oxygen atoms in total. The molecule has 2 N–H and O–H groups in total. The monoisotopic (exact) mass is 323 g/mol. The van der Waals surface area contributed by atoms with Crippen LogP contribution in [0.5, 0.6) is 11.5 Å². The molecule has 0 fully saturated rings. The molecular formula is C16H25N3O4. The number of methoxy groups -OCH3 is 1. The number of nitrogens with zero attached hydrogens (tertiary/aromatic N) is 1. The van der Waals surface area contributed by atoms with E-state index in [-0.39, 0.29) is 18.4 Å². The third-order valence-corrected chi connectivity index (χ3v) is 3.17. The zero-order chi connectivity index (χ0) is 17.2. The second kappa shape index (κ2) is 9.68. The Bertz CT molecular complexity index is 532. The Kier molecular flexibility index (Phi) is 7.90. The molecule has 0 saturated heterocycles. The first kappa shape index (κ1) is 18.8. The van der Waals surface area contributed by atoms with E-state index in [9.17, 15) is 9.59 Å². The van der Waals surface area contributed by atoms with Gasteiger partial charge in [-0.1, -0.05) is 6.07 Å². The lowest BCUT2D eigenvalue weighted by molar-refractivity contribution is -0.130. The SMILES string of the molecule is CNCCC(=O)NCc1ccc(OCC(=O)N(C)C)c(OC)c1. The maximum absolute atomic E-state index is 11.6. The Balaban J connectivity index is 2.61. The summed E-state index contributed by atoms with van der Waals surface area (Å²) in [7, 11) is 6.68. The predicted octanol–water partition coefficient (Wildman–Crippen LogP) is 0.388. The van der Waals surface area contributed by atoms with Crippen molar-refractivity contribution < 1.29 is 19.1 Å². The number of carbonyl (C=O) groups excluding carboxylic acids is 2. The third-order valence-electron chi connectivity index (χ3n) is 3.17. The largest absolute Gasteiger partial charge is 0.493 e. The van der Waals surface area contributed by atoms with E-state index < -0.39 is 0 Å². The molecule has 0 unspecified atom stereocenters. The van der Waals surface area contributed by atoms with Gasteiger partial charge in [0.2, 0.25) is 5.91 Å². The van der Waals surface area contributed by atoms with Crippen LogP contribution in [0.3, 0.4) is 0 Å². The van der Waals surface area contributed by atoms with E-state index in [1.54, 1.807) is 33.3 Å². The van der Waals surface area contributed by atoms with Gasteiger partial charge in [-0.3, -0.25) is 9.59 Å². The van der Waals surface area contributed by atoms with Crippen LogP contribution < -0.4 is 20.1 Å². The molecule has 0 aliphatic rings. The molecular weight excluding hydrogens is 298 g/mol. The summed E-state index contributed by atoms with van der Waals surface area (Å²) in [6.07, 6.45) is 0.432. The minimum absolute atomic E-state index is 0.0183. The van der Waals surface area contributed by atoms with Crippen LogP contribution in [-0.4, -0.2) is 58.1 Å². The summed E-state index contributed by atoms with van der Waals surface area (Å²) in [5, 5.41) is 5.76. The van der Waals surface area contributed by atoms with Crippen LogP contribution in [0, 0.1) is 0 Å². The quantitative estimate of drug-likeness (QED) is 0.687. The fourth-order valence-corrected chi connectivity index (χ4v) is 1.74. The van der Waals surface area contributed by atoms with E-state index in [0.717, 1.165) is 5.56 Å². The first-order valence-corrected chi connectivity index (χ1v) is 7.39. The molecule has 2 amide bonds. The highest BCUT2D eigenvalue weighted by Crippen LogP contribution is 2.28. The second-order valence-corrected chi connectivity index (χ2v) is 5.19. The molecule has 1 rings (SSSR count). The summed E-state index contributed by atoms with van der Waals surface area (Å²) in [5.74, 6) is 0.870. The molecule has 1 aromatic carbocycles. The van der Waals surface area contributed by atoms with Crippen LogP contribution in [0.15, 0.2) is 18.2 Å². The van der Waals surface area contributed by atoms with Gasteiger partial charge in [0.1, 0.15) is 0 Å². The van der Waals surface area contributed by atoms with Crippen molar-refractivity contribution in [1.29, 1.82) is 0 Å². The number of carbonyl (C=O) groups is 2. The number of hydrogen-bond donors (Lipinski definition) is 2. The van der Waals surface area contributed by atoms with Gasteiger partial charge in [-0.25, -0.2) is 0 Å². The van der Waals surface area contributed by atoms with E-state index in [4.69, 9.17) is 9.47 Å². The van der Waals surface area contributed by atoms with Crippen molar-refractivity contribution in [3.05, 3.63) is 23.8 Å². The number of nitrogens with one attached hydrogen (secondary N) is 2. The molecule has 0 radical (unpaired) electrons. The molecule has 0 aromatic heterocycles. The number of ether oxygens (including phenoxy) is 2. The van der Waals surface area contributed by atoms with Gasteiger partial charge in [-0.15, -0.1) is 0 Å². The lowest BCUT2D eigenvalue weighted by atomic mass is 10.2. The number of amides is 2. The lowest BCUT2D eigenvalue weighted by Crippen LogP contribution is -2.27. The van der Waals surface area contributed by atoms with E-state index >= 15 is 0 Å². The zero-order valence-electron chi connectivity index (χ0n) is 14.1. The average molecular weight is 323 g/mol. The summed E-state index contributed by atoms with van der Waals surface area (Å²) in [6.45, 7) is 1.00. The van der Waals surface area contributed by atoms with Crippen molar-refractivity contribution in [1.82, 2.24) is 15.5 Å². The third kappa shape index (κ3) is 6.56. The van der Waals surface area contributed by atoms with E-state index in [2.05, 4.69) is 10.6 Å². The maximum atomic E-state index is 11.6. The Hall–Kier alpha value is -2.28. The molecule has 0 heterocycles. The number of likely N-dealkylation sites (N-methyl/N-ethyl adjacent to an activating group) is 1. The molecule has 1 aromatic rings. The Morgan fingerprint density at radius 3 is 2.57 bits per heavy atom. The first-order chi connectivity index (χ1) is 11.0. The molecule has 23 heavy (non-hydrogen) atoms. The molecule has 0 saturated carbocycles. The summed E-state index contributed by atoms with van der Waals surface area (Å²) in [4.78, 5) is 24.6. The Morgan fingerprint density at radius 1 is 1.22 bits per heavy atom. The van der Waals surface area contributed by atoms with Crippen molar-refractivity contribution in [2.24, 2.45) is 0 Å². The molecule has 128 valence electrons. The van der Waals surface area contributed by atoms with Crippen LogP contribution in [0.2, 0.25) is 0 Å². The highest BCUT2D eigenvalue weighted by atomic mass is 16.5. The van der Waals surface area contributed by atoms with Gasteiger partial charge in [0.15, 0.2) is 18.1 Å². The van der Waals surface area contributed by atoms with Crippen molar-refractivity contribution in [3.8, 4) is 11.5 Å². The molecule has 7 heteroatoms. The predicted molar refractivity (Wildman–Crippen MR) is 87.6 cm³/mol. The van der Waals surface area contributed by atoms with Crippen molar-refractivity contribution >= 4 is 11.8 Å². The summed E-state index contributed by atoms with van der Waals surface area (Å²) < 4.78 is 10.8. The highest BCUT2D eigenvalue weighted by Gasteiger charge is 2.10. The zero-order valence-corrected chi connectivity index (χ0v) is 14.1. The van der Waals surface area contributed by atoms with Gasteiger partial charge in [0.25, 0.3) is 5.91 Å². The second-order valence-electron chi connectivity index (χ2n) is 5.19. The van der Waals surface area contributed by atoms with Gasteiger partial charge < -0.3 is 25.0 Å². The Labute approximate surface area is 136 Å². The standard InChI is InChI=1S/C16H25N3O4/c1-17-8-7-15(20)18-10-12-5-6-13(14(9-12)22-4)23-11-16(21)19(2)3/h5-6,9,17H,7-8,10-11H2,1-4H3,(H,18,20). The van der Waals surface area contributed by atoms with E-state index in [0.29, 0.717) is 31.0 Å². The number of benzene rings is 1. The molecule has 0 spiro atoms. The number of hydrogen-bond acceptors (Lipinski definition) is 5. The van der Waals surface area contributed by atoms with Crippen molar-refractivity contribution in [2.45, 2.75) is 13.0 Å². The highest BCUT2D eigenvalue weighted by molar-refractivity contribution is 5.77.